The standard InChI is InChI=1S/C26H25FN6O/c1-16-5-6-21(33-25(34)17-7-8-31-23(10-17)26(2,3)27)11-22(16)19-9-18(12-28)24(32-15-19)20(13-29)14-30-4/h5-11,13-15H,29H2,1-4H3,(H,33,34). The molecule has 0 fully saturated rings. The van der Waals surface area contributed by atoms with Gasteiger partial charge < -0.3 is 11.1 Å². The molecule has 0 aliphatic carbocycles. The van der Waals surface area contributed by atoms with Crippen molar-refractivity contribution >= 4 is 23.4 Å². The van der Waals surface area contributed by atoms with Gasteiger partial charge in [-0.1, -0.05) is 6.07 Å². The Morgan fingerprint density at radius 2 is 2.00 bits per heavy atom. The average Bonchev–Trinajstić information content (AvgIpc) is 2.83. The third-order valence-electron chi connectivity index (χ3n) is 5.17. The summed E-state index contributed by atoms with van der Waals surface area (Å²) in [5.41, 5.74) is 8.81. The van der Waals surface area contributed by atoms with Crippen LogP contribution in [0.25, 0.3) is 16.7 Å². The van der Waals surface area contributed by atoms with Crippen LogP contribution in [-0.2, 0) is 5.67 Å². The van der Waals surface area contributed by atoms with E-state index in [-0.39, 0.29) is 11.6 Å². The van der Waals surface area contributed by atoms with E-state index >= 15 is 0 Å². The van der Waals surface area contributed by atoms with Crippen molar-refractivity contribution in [2.45, 2.75) is 26.4 Å². The lowest BCUT2D eigenvalue weighted by Gasteiger charge is -2.15. The molecular weight excluding hydrogens is 431 g/mol. The molecule has 1 amide bonds. The Labute approximate surface area is 197 Å². The summed E-state index contributed by atoms with van der Waals surface area (Å²) in [6.45, 7) is 4.70. The third-order valence-corrected chi connectivity index (χ3v) is 5.17. The number of carbonyl (C=O) groups is 1. The van der Waals surface area contributed by atoms with Crippen LogP contribution in [0.15, 0.2) is 60.0 Å². The van der Waals surface area contributed by atoms with Crippen molar-refractivity contribution < 1.29 is 9.18 Å². The van der Waals surface area contributed by atoms with E-state index in [1.54, 1.807) is 37.7 Å². The highest BCUT2D eigenvalue weighted by molar-refractivity contribution is 6.09. The van der Waals surface area contributed by atoms with Gasteiger partial charge in [-0.15, -0.1) is 0 Å². The first-order valence-electron chi connectivity index (χ1n) is 10.5. The van der Waals surface area contributed by atoms with Crippen LogP contribution in [0.3, 0.4) is 0 Å². The topological polar surface area (TPSA) is 117 Å². The normalized spacial score (nSPS) is 11.9. The van der Waals surface area contributed by atoms with E-state index in [2.05, 4.69) is 26.3 Å². The molecule has 3 aromatic rings. The Hall–Kier alpha value is -4.38. The Bertz CT molecular complexity index is 1330. The fraction of sp³-hybridized carbons (Fsp3) is 0.192. The third kappa shape index (κ3) is 5.33. The number of hydrogen-bond donors (Lipinski definition) is 2. The largest absolute Gasteiger partial charge is 0.404 e. The van der Waals surface area contributed by atoms with Gasteiger partial charge in [0, 0.05) is 54.2 Å². The van der Waals surface area contributed by atoms with Crippen LogP contribution in [-0.4, -0.2) is 29.1 Å². The van der Waals surface area contributed by atoms with Crippen LogP contribution >= 0.6 is 0 Å². The fourth-order valence-electron chi connectivity index (χ4n) is 3.36. The zero-order valence-corrected chi connectivity index (χ0v) is 19.4. The van der Waals surface area contributed by atoms with Crippen LogP contribution in [0, 0.1) is 18.3 Å². The number of anilines is 1. The molecule has 3 N–H and O–H groups in total. The lowest BCUT2D eigenvalue weighted by atomic mass is 9.98. The van der Waals surface area contributed by atoms with Crippen molar-refractivity contribution in [2.75, 3.05) is 12.4 Å². The molecule has 7 nitrogen and oxygen atoms in total. The maximum absolute atomic E-state index is 14.2. The van der Waals surface area contributed by atoms with Gasteiger partial charge in [-0.25, -0.2) is 4.39 Å². The molecule has 0 atom stereocenters. The SMILES string of the molecule is CN=CC(=CN)c1ncc(-c2cc(NC(=O)c3ccnc(C(C)(C)F)c3)ccc2C)cc1C#N. The molecule has 3 rings (SSSR count). The smallest absolute Gasteiger partial charge is 0.255 e. The minimum atomic E-state index is -1.66. The first-order chi connectivity index (χ1) is 16.2. The second-order valence-corrected chi connectivity index (χ2v) is 8.13. The first-order valence-corrected chi connectivity index (χ1v) is 10.5. The van der Waals surface area contributed by atoms with Crippen LogP contribution in [0.1, 0.15) is 46.7 Å². The number of aliphatic imine (C=N–C) groups is 1. The number of allylic oxidation sites excluding steroid dienone is 1. The number of amides is 1. The molecule has 0 aliphatic rings. The molecule has 0 saturated heterocycles. The van der Waals surface area contributed by atoms with Gasteiger partial charge in [-0.05, 0) is 62.2 Å². The van der Waals surface area contributed by atoms with E-state index in [4.69, 9.17) is 5.73 Å². The van der Waals surface area contributed by atoms with Gasteiger partial charge in [0.1, 0.15) is 11.7 Å². The summed E-state index contributed by atoms with van der Waals surface area (Å²) in [6, 6.07) is 12.3. The van der Waals surface area contributed by atoms with Crippen LogP contribution in [0.4, 0.5) is 10.1 Å². The number of rotatable bonds is 6. The monoisotopic (exact) mass is 456 g/mol. The molecule has 0 unspecified atom stereocenters. The molecule has 34 heavy (non-hydrogen) atoms. The van der Waals surface area contributed by atoms with Crippen LogP contribution in [0.5, 0.6) is 0 Å². The van der Waals surface area contributed by atoms with Gasteiger partial charge in [-0.3, -0.25) is 19.8 Å². The Morgan fingerprint density at radius 1 is 1.24 bits per heavy atom. The summed E-state index contributed by atoms with van der Waals surface area (Å²) in [5.74, 6) is -0.384. The quantitative estimate of drug-likeness (QED) is 0.518. The molecule has 0 aliphatic heterocycles. The highest BCUT2D eigenvalue weighted by atomic mass is 19.1. The van der Waals surface area contributed by atoms with E-state index in [1.165, 1.54) is 38.4 Å². The van der Waals surface area contributed by atoms with Crippen LogP contribution < -0.4 is 11.1 Å². The number of nitriles is 1. The first kappa shape index (κ1) is 24.3. The minimum Gasteiger partial charge on any atom is -0.404 e. The highest BCUT2D eigenvalue weighted by Crippen LogP contribution is 2.29. The number of alkyl halides is 1. The molecule has 8 heteroatoms. The number of nitrogens with zero attached hydrogens (tertiary/aromatic N) is 4. The molecule has 0 radical (unpaired) electrons. The highest BCUT2D eigenvalue weighted by Gasteiger charge is 2.22. The molecule has 2 aromatic heterocycles. The van der Waals surface area contributed by atoms with Gasteiger partial charge in [0.2, 0.25) is 0 Å². The van der Waals surface area contributed by atoms with Crippen LogP contribution in [0.2, 0.25) is 0 Å². The van der Waals surface area contributed by atoms with Crippen molar-refractivity contribution in [2.24, 2.45) is 10.7 Å². The number of hydrogen-bond acceptors (Lipinski definition) is 6. The lowest BCUT2D eigenvalue weighted by Crippen LogP contribution is -2.16. The number of aromatic nitrogens is 2. The number of carbonyl (C=O) groups excluding carboxylic acids is 1. The van der Waals surface area contributed by atoms with Gasteiger partial charge in [0.15, 0.2) is 0 Å². The molecule has 172 valence electrons. The molecule has 1 aromatic carbocycles. The van der Waals surface area contributed by atoms with Crippen molar-refractivity contribution in [1.82, 2.24) is 9.97 Å². The number of pyridine rings is 2. The molecule has 0 saturated carbocycles. The lowest BCUT2D eigenvalue weighted by molar-refractivity contribution is 0.102. The Kier molecular flexibility index (Phi) is 7.17. The van der Waals surface area contributed by atoms with Gasteiger partial charge in [0.05, 0.1) is 17.0 Å². The minimum absolute atomic E-state index is 0.180. The molecule has 2 heterocycles. The van der Waals surface area contributed by atoms with Gasteiger partial charge in [0.25, 0.3) is 5.91 Å². The maximum atomic E-state index is 14.2. The summed E-state index contributed by atoms with van der Waals surface area (Å²) < 4.78 is 14.2. The van der Waals surface area contributed by atoms with Crippen molar-refractivity contribution in [3.05, 3.63) is 83.1 Å². The van der Waals surface area contributed by atoms with Gasteiger partial charge >= 0.3 is 0 Å². The van der Waals surface area contributed by atoms with E-state index in [1.807, 2.05) is 13.0 Å². The van der Waals surface area contributed by atoms with Gasteiger partial charge in [-0.2, -0.15) is 5.26 Å². The van der Waals surface area contributed by atoms with E-state index in [0.717, 1.165) is 11.1 Å². The molecular formula is C26H25FN6O. The summed E-state index contributed by atoms with van der Waals surface area (Å²) in [6.07, 6.45) is 5.95. The second kappa shape index (κ2) is 10.0. The van der Waals surface area contributed by atoms with Crippen molar-refractivity contribution in [3.8, 4) is 17.2 Å². The van der Waals surface area contributed by atoms with E-state index in [0.29, 0.717) is 33.6 Å². The van der Waals surface area contributed by atoms with E-state index < -0.39 is 5.67 Å². The summed E-state index contributed by atoms with van der Waals surface area (Å²) in [4.78, 5) is 25.2. The number of nitrogens with one attached hydrogen (secondary N) is 1. The van der Waals surface area contributed by atoms with Crippen molar-refractivity contribution in [1.29, 1.82) is 5.26 Å². The number of aryl methyl sites for hydroxylation is 1. The predicted molar refractivity (Wildman–Crippen MR) is 132 cm³/mol. The summed E-state index contributed by atoms with van der Waals surface area (Å²) >= 11 is 0. The molecule has 0 spiro atoms. The Morgan fingerprint density at radius 3 is 2.65 bits per heavy atom. The predicted octanol–water partition coefficient (Wildman–Crippen LogP) is 4.78. The fourth-order valence-corrected chi connectivity index (χ4v) is 3.36. The maximum Gasteiger partial charge on any atom is 0.255 e. The number of benzene rings is 1. The van der Waals surface area contributed by atoms with E-state index in [9.17, 15) is 14.4 Å². The number of halogens is 1. The zero-order chi connectivity index (χ0) is 24.9. The Balaban J connectivity index is 1.94. The summed E-state index contributed by atoms with van der Waals surface area (Å²) in [7, 11) is 1.61. The molecule has 0 bridgehead atoms. The average molecular weight is 457 g/mol. The summed E-state index contributed by atoms with van der Waals surface area (Å²) in [5, 5.41) is 12.5. The number of nitrogens with two attached hydrogens (primary N) is 1. The zero-order valence-electron chi connectivity index (χ0n) is 19.4. The second-order valence-electron chi connectivity index (χ2n) is 8.13. The van der Waals surface area contributed by atoms with Crippen molar-refractivity contribution in [3.63, 3.8) is 0 Å².